The summed E-state index contributed by atoms with van der Waals surface area (Å²) in [6, 6.07) is 21.8. The zero-order chi connectivity index (χ0) is 23.6. The van der Waals surface area contributed by atoms with Crippen molar-refractivity contribution in [2.24, 2.45) is 0 Å². The van der Waals surface area contributed by atoms with E-state index in [1.54, 1.807) is 0 Å². The molecular formula is C31H27NOS. The first-order chi connectivity index (χ1) is 16.4. The van der Waals surface area contributed by atoms with Gasteiger partial charge in [-0.05, 0) is 79.3 Å². The van der Waals surface area contributed by atoms with Crippen molar-refractivity contribution >= 4 is 43.4 Å². The van der Waals surface area contributed by atoms with Crippen LogP contribution in [0.1, 0.15) is 41.3 Å². The molecule has 0 amide bonds. The van der Waals surface area contributed by atoms with Crippen LogP contribution in [0.25, 0.3) is 54.4 Å². The molecule has 2 nitrogen and oxygen atoms in total. The minimum Gasteiger partial charge on any atom is -0.455 e. The molecule has 34 heavy (non-hydrogen) atoms. The quantitative estimate of drug-likeness (QED) is 0.262. The summed E-state index contributed by atoms with van der Waals surface area (Å²) in [6.45, 7) is 11.0. The third kappa shape index (κ3) is 3.19. The molecule has 0 bridgehead atoms. The van der Waals surface area contributed by atoms with E-state index in [-0.39, 0.29) is 0 Å². The second kappa shape index (κ2) is 7.82. The lowest BCUT2D eigenvalue weighted by atomic mass is 9.88. The van der Waals surface area contributed by atoms with E-state index < -0.39 is 0 Å². The van der Waals surface area contributed by atoms with Crippen molar-refractivity contribution in [2.75, 3.05) is 0 Å². The summed E-state index contributed by atoms with van der Waals surface area (Å²) in [5.74, 6) is 0.374. The van der Waals surface area contributed by atoms with Gasteiger partial charge < -0.3 is 4.42 Å². The molecule has 0 saturated heterocycles. The molecule has 6 rings (SSSR count). The molecule has 3 heterocycles. The number of pyridine rings is 1. The topological polar surface area (TPSA) is 26.0 Å². The van der Waals surface area contributed by atoms with Gasteiger partial charge >= 0.3 is 0 Å². The van der Waals surface area contributed by atoms with Crippen molar-refractivity contribution < 1.29 is 4.42 Å². The number of aryl methyl sites for hydroxylation is 3. The van der Waals surface area contributed by atoms with Gasteiger partial charge in [0.15, 0.2) is 0 Å². The van der Waals surface area contributed by atoms with E-state index >= 15 is 0 Å². The average molecular weight is 462 g/mol. The molecule has 0 spiro atoms. The van der Waals surface area contributed by atoms with Crippen molar-refractivity contribution in [2.45, 2.75) is 40.5 Å². The molecule has 6 aromatic rings. The summed E-state index contributed by atoms with van der Waals surface area (Å²) in [7, 11) is 0. The van der Waals surface area contributed by atoms with Gasteiger partial charge in [0.05, 0.1) is 5.69 Å². The van der Waals surface area contributed by atoms with Crippen LogP contribution in [0.15, 0.2) is 71.3 Å². The maximum atomic E-state index is 6.58. The smallest absolute Gasteiger partial charge is 0.144 e. The number of benzene rings is 3. The molecule has 0 fully saturated rings. The fourth-order valence-electron chi connectivity index (χ4n) is 5.24. The van der Waals surface area contributed by atoms with E-state index in [4.69, 9.17) is 9.40 Å². The number of thiophene rings is 1. The largest absolute Gasteiger partial charge is 0.455 e. The first-order valence-electron chi connectivity index (χ1n) is 11.8. The Labute approximate surface area is 203 Å². The molecule has 3 heteroatoms. The monoisotopic (exact) mass is 461 g/mol. The molecule has 0 aliphatic rings. The van der Waals surface area contributed by atoms with Crippen LogP contribution in [0.5, 0.6) is 0 Å². The SMILES string of the molecule is Cc1cc2c(ccc3c4cccc(-c5cc(C(C)C)c(-c6c(C)cccc6C)cn5)c4oc23)s1. The average Bonchev–Trinajstić information content (AvgIpc) is 3.38. The minimum atomic E-state index is 0.374. The van der Waals surface area contributed by atoms with Crippen LogP contribution >= 0.6 is 11.3 Å². The van der Waals surface area contributed by atoms with E-state index in [9.17, 15) is 0 Å². The lowest BCUT2D eigenvalue weighted by molar-refractivity contribution is 0.673. The lowest BCUT2D eigenvalue weighted by Crippen LogP contribution is -1.99. The number of hydrogen-bond donors (Lipinski definition) is 0. The zero-order valence-corrected chi connectivity index (χ0v) is 21.0. The zero-order valence-electron chi connectivity index (χ0n) is 20.2. The third-order valence-electron chi connectivity index (χ3n) is 6.87. The number of nitrogens with zero attached hydrogens (tertiary/aromatic N) is 1. The highest BCUT2D eigenvalue weighted by Crippen LogP contribution is 2.41. The number of furan rings is 1. The van der Waals surface area contributed by atoms with Crippen LogP contribution in [0.3, 0.4) is 0 Å². The maximum absolute atomic E-state index is 6.58. The van der Waals surface area contributed by atoms with Gasteiger partial charge in [-0.2, -0.15) is 0 Å². The molecule has 3 aromatic heterocycles. The predicted octanol–water partition coefficient (Wildman–Crippen LogP) is 9.58. The van der Waals surface area contributed by atoms with Crippen molar-refractivity contribution in [1.29, 1.82) is 0 Å². The lowest BCUT2D eigenvalue weighted by Gasteiger charge is -2.18. The number of aromatic nitrogens is 1. The van der Waals surface area contributed by atoms with Gasteiger partial charge in [-0.1, -0.05) is 44.2 Å². The Morgan fingerprint density at radius 3 is 2.26 bits per heavy atom. The highest BCUT2D eigenvalue weighted by Gasteiger charge is 2.19. The fourth-order valence-corrected chi connectivity index (χ4v) is 6.16. The van der Waals surface area contributed by atoms with Crippen LogP contribution < -0.4 is 0 Å². The van der Waals surface area contributed by atoms with E-state index in [1.807, 2.05) is 11.3 Å². The molecule has 3 aromatic carbocycles. The van der Waals surface area contributed by atoms with Crippen LogP contribution in [-0.4, -0.2) is 4.98 Å². The Hall–Kier alpha value is -3.43. The van der Waals surface area contributed by atoms with Gasteiger partial charge in [0, 0.05) is 43.1 Å². The molecular weight excluding hydrogens is 434 g/mol. The second-order valence-electron chi connectivity index (χ2n) is 9.57. The van der Waals surface area contributed by atoms with Gasteiger partial charge in [-0.15, -0.1) is 11.3 Å². The number of hydrogen-bond acceptors (Lipinski definition) is 3. The molecule has 168 valence electrons. The molecule has 0 unspecified atom stereocenters. The van der Waals surface area contributed by atoms with Gasteiger partial charge in [-0.3, -0.25) is 4.98 Å². The normalized spacial score (nSPS) is 11.9. The maximum Gasteiger partial charge on any atom is 0.144 e. The van der Waals surface area contributed by atoms with Crippen LogP contribution in [-0.2, 0) is 0 Å². The molecule has 0 N–H and O–H groups in total. The van der Waals surface area contributed by atoms with Crippen molar-refractivity contribution in [3.8, 4) is 22.4 Å². The van der Waals surface area contributed by atoms with Crippen molar-refractivity contribution in [1.82, 2.24) is 4.98 Å². The highest BCUT2D eigenvalue weighted by atomic mass is 32.1. The van der Waals surface area contributed by atoms with Gasteiger partial charge in [-0.25, -0.2) is 0 Å². The third-order valence-corrected chi connectivity index (χ3v) is 7.88. The van der Waals surface area contributed by atoms with Crippen molar-refractivity contribution in [3.05, 3.63) is 88.4 Å². The molecule has 0 radical (unpaired) electrons. The van der Waals surface area contributed by atoms with Crippen LogP contribution in [0, 0.1) is 20.8 Å². The summed E-state index contributed by atoms with van der Waals surface area (Å²) in [5.41, 5.74) is 10.3. The van der Waals surface area contributed by atoms with Gasteiger partial charge in [0.2, 0.25) is 0 Å². The number of rotatable bonds is 3. The van der Waals surface area contributed by atoms with Gasteiger partial charge in [0.25, 0.3) is 0 Å². The summed E-state index contributed by atoms with van der Waals surface area (Å²) in [5, 5.41) is 3.51. The first kappa shape index (κ1) is 21.1. The molecule has 0 saturated carbocycles. The van der Waals surface area contributed by atoms with Crippen LogP contribution in [0.4, 0.5) is 0 Å². The minimum absolute atomic E-state index is 0.374. The highest BCUT2D eigenvalue weighted by molar-refractivity contribution is 7.19. The fraction of sp³-hybridized carbons (Fsp3) is 0.194. The molecule has 0 atom stereocenters. The Kier molecular flexibility index (Phi) is 4.86. The summed E-state index contributed by atoms with van der Waals surface area (Å²) < 4.78 is 7.85. The first-order valence-corrected chi connectivity index (χ1v) is 12.7. The van der Waals surface area contributed by atoms with E-state index in [2.05, 4.69) is 101 Å². The van der Waals surface area contributed by atoms with E-state index in [0.717, 1.165) is 27.8 Å². The predicted molar refractivity (Wildman–Crippen MR) is 146 cm³/mol. The summed E-state index contributed by atoms with van der Waals surface area (Å²) in [4.78, 5) is 6.28. The standard InChI is InChI=1S/C31H27NOS/c1-17(2)24-15-27(32-16-26(24)29-18(3)8-6-9-19(29)4)23-11-7-10-21-22-12-13-28-25(14-20(5)34-28)31(22)33-30(21)23/h6-17H,1-5H3. The van der Waals surface area contributed by atoms with Crippen molar-refractivity contribution in [3.63, 3.8) is 0 Å². The number of fused-ring (bicyclic) bond motifs is 5. The van der Waals surface area contributed by atoms with E-state index in [1.165, 1.54) is 48.2 Å². The molecule has 0 aliphatic heterocycles. The molecule has 0 aliphatic carbocycles. The van der Waals surface area contributed by atoms with Crippen LogP contribution in [0.2, 0.25) is 0 Å². The van der Waals surface area contributed by atoms with E-state index in [0.29, 0.717) is 5.92 Å². The van der Waals surface area contributed by atoms with Gasteiger partial charge in [0.1, 0.15) is 11.2 Å². The second-order valence-corrected chi connectivity index (χ2v) is 10.9. The Bertz CT molecular complexity index is 1700. The summed E-state index contributed by atoms with van der Waals surface area (Å²) >= 11 is 1.81. The Balaban J connectivity index is 1.60. The number of para-hydroxylation sites is 1. The Morgan fingerprint density at radius 1 is 0.765 bits per heavy atom. The summed E-state index contributed by atoms with van der Waals surface area (Å²) in [6.07, 6.45) is 2.06. The Morgan fingerprint density at radius 2 is 1.50 bits per heavy atom.